The second-order valence-electron chi connectivity index (χ2n) is 19.0. The Labute approximate surface area is 411 Å². The Kier molecular flexibility index (Phi) is 17.6. The van der Waals surface area contributed by atoms with E-state index in [0.717, 1.165) is 45.7 Å². The number of amides is 4. The van der Waals surface area contributed by atoms with Gasteiger partial charge < -0.3 is 39.8 Å². The summed E-state index contributed by atoms with van der Waals surface area (Å²) in [5, 5.41) is 26.2. The van der Waals surface area contributed by atoms with Crippen LogP contribution in [0.2, 0.25) is 0 Å². The number of nitrogens with zero attached hydrogens (tertiary/aromatic N) is 3. The molecule has 3 atom stereocenters. The van der Waals surface area contributed by atoms with Crippen LogP contribution in [0.3, 0.4) is 0 Å². The Balaban J connectivity index is 0.903. The number of carbonyl (C=O) groups is 4. The van der Waals surface area contributed by atoms with Gasteiger partial charge in [0.1, 0.15) is 24.4 Å². The van der Waals surface area contributed by atoms with Gasteiger partial charge in [0, 0.05) is 67.9 Å². The van der Waals surface area contributed by atoms with Crippen LogP contribution in [0.1, 0.15) is 68.0 Å². The molecule has 2 aliphatic rings. The molecule has 70 heavy (non-hydrogen) atoms. The van der Waals surface area contributed by atoms with Gasteiger partial charge in [-0.3, -0.25) is 29.3 Å². The van der Waals surface area contributed by atoms with E-state index >= 15 is 0 Å². The normalized spacial score (nSPS) is 17.0. The first kappa shape index (κ1) is 51.8. The Morgan fingerprint density at radius 3 is 2.46 bits per heavy atom. The van der Waals surface area contributed by atoms with Crippen molar-refractivity contribution in [3.05, 3.63) is 112 Å². The first-order valence-corrected chi connectivity index (χ1v) is 24.6. The highest BCUT2D eigenvalue weighted by Gasteiger charge is 2.53. The second-order valence-corrected chi connectivity index (χ2v) is 19.8. The zero-order valence-electron chi connectivity index (χ0n) is 40.2. The summed E-state index contributed by atoms with van der Waals surface area (Å²) in [6.45, 7) is 11.1. The van der Waals surface area contributed by atoms with Gasteiger partial charge in [-0.2, -0.15) is 0 Å². The molecular weight excluding hydrogens is 918 g/mol. The number of rotatable bonds is 24. The SMILES string of the molecule is Cc1ncsc1-c1ccc(CNC(=O)C2CC(O)CN2C(=O)[C@@H](NC(=O)C2(F)CC2)C(C)(C)C)c(OCCOCCOCCN(CCc2c[nH]c3ccccc23)Cc2ccc(/C=C/C(=O)NO)cc2)c1. The van der Waals surface area contributed by atoms with E-state index in [1.54, 1.807) is 37.8 Å². The molecule has 18 heteroatoms. The number of β-amino-alcohol motifs (C(OH)–C–C–N with tert-alkyl or cyclic N) is 1. The van der Waals surface area contributed by atoms with Gasteiger partial charge in [-0.25, -0.2) is 14.9 Å². The minimum atomic E-state index is -1.98. The number of aromatic nitrogens is 2. The van der Waals surface area contributed by atoms with Gasteiger partial charge >= 0.3 is 0 Å². The number of benzene rings is 3. The molecule has 0 bridgehead atoms. The number of aryl methyl sites for hydroxylation is 1. The number of carbonyl (C=O) groups excluding carboxylic acids is 4. The molecule has 374 valence electrons. The molecule has 6 N–H and O–H groups in total. The molecule has 3 aromatic carbocycles. The third kappa shape index (κ3) is 13.9. The fourth-order valence-corrected chi connectivity index (χ4v) is 9.19. The average molecular weight is 982 g/mol. The number of hydroxylamine groups is 1. The summed E-state index contributed by atoms with van der Waals surface area (Å²) in [5.74, 6) is -1.92. The van der Waals surface area contributed by atoms with Crippen LogP contribution in [0.25, 0.3) is 27.4 Å². The molecule has 1 aliphatic carbocycles. The molecule has 0 spiro atoms. The van der Waals surface area contributed by atoms with Crippen LogP contribution in [0.15, 0.2) is 84.5 Å². The number of aromatic amines is 1. The van der Waals surface area contributed by atoms with Gasteiger partial charge in [0.15, 0.2) is 5.67 Å². The first-order valence-electron chi connectivity index (χ1n) is 23.7. The van der Waals surface area contributed by atoms with Crippen LogP contribution in [-0.4, -0.2) is 130 Å². The summed E-state index contributed by atoms with van der Waals surface area (Å²) in [6, 6.07) is 19.8. The molecule has 3 heterocycles. The summed E-state index contributed by atoms with van der Waals surface area (Å²) in [7, 11) is 0. The molecule has 16 nitrogen and oxygen atoms in total. The molecule has 5 aromatic rings. The lowest BCUT2D eigenvalue weighted by Crippen LogP contribution is -2.59. The van der Waals surface area contributed by atoms with E-state index in [9.17, 15) is 28.7 Å². The zero-order chi connectivity index (χ0) is 49.8. The first-order chi connectivity index (χ1) is 33.6. The number of H-pyrrole nitrogens is 1. The molecule has 1 aliphatic heterocycles. The highest BCUT2D eigenvalue weighted by Crippen LogP contribution is 2.40. The smallest absolute Gasteiger partial charge is 0.267 e. The molecular formula is C52H64FN7O9S. The summed E-state index contributed by atoms with van der Waals surface area (Å²) < 4.78 is 32.9. The number of fused-ring (bicyclic) bond motifs is 1. The summed E-state index contributed by atoms with van der Waals surface area (Å²) in [5.41, 5.74) is 7.36. The van der Waals surface area contributed by atoms with Crippen LogP contribution in [-0.2, 0) is 48.2 Å². The number of alkyl halides is 1. The van der Waals surface area contributed by atoms with Crippen molar-refractivity contribution in [1.82, 2.24) is 35.9 Å². The van der Waals surface area contributed by atoms with Crippen LogP contribution >= 0.6 is 11.3 Å². The quantitative estimate of drug-likeness (QED) is 0.0186. The number of nitrogens with one attached hydrogen (secondary N) is 4. The fraction of sp³-hybridized carbons (Fsp3) is 0.442. The van der Waals surface area contributed by atoms with Crippen molar-refractivity contribution >= 4 is 51.9 Å². The van der Waals surface area contributed by atoms with E-state index in [0.29, 0.717) is 44.2 Å². The number of likely N-dealkylation sites (tertiary alicyclic amines) is 1. The third-order valence-electron chi connectivity index (χ3n) is 12.6. The van der Waals surface area contributed by atoms with Crippen LogP contribution < -0.4 is 20.9 Å². The van der Waals surface area contributed by atoms with Crippen LogP contribution in [0, 0.1) is 12.3 Å². The number of halogens is 1. The number of para-hydroxylation sites is 1. The lowest BCUT2D eigenvalue weighted by Gasteiger charge is -2.35. The number of hydrogen-bond acceptors (Lipinski definition) is 12. The van der Waals surface area contributed by atoms with Crippen LogP contribution in [0.4, 0.5) is 4.39 Å². The summed E-state index contributed by atoms with van der Waals surface area (Å²) in [6.07, 6.45) is 5.07. The molecule has 1 saturated heterocycles. The lowest BCUT2D eigenvalue weighted by atomic mass is 9.85. The Bertz CT molecular complexity index is 2610. The average Bonchev–Trinajstić information content (AvgIpc) is 3.60. The Morgan fingerprint density at radius 2 is 1.74 bits per heavy atom. The fourth-order valence-electron chi connectivity index (χ4n) is 8.39. The lowest BCUT2D eigenvalue weighted by molar-refractivity contribution is -0.145. The summed E-state index contributed by atoms with van der Waals surface area (Å²) >= 11 is 1.51. The standard InChI is InChI=1S/C52H64FN7O9S/c1-34-46(70-33-56-34)37-14-15-39(30-55-48(63)43-28-40(61)32-60(43)49(64)47(51(2,3)4)57-50(65)52(53)18-19-52)44(27-37)69-26-25-68-24-23-67-22-21-59(20-17-38-29-54-42-8-6-5-7-41(38)42)31-36-11-9-35(10-12-36)13-16-45(62)58-66/h5-16,27,29,33,40,43,47,54,61,66H,17-26,28,30-32H2,1-4H3,(H,55,63)(H,57,65)(H,58,62)/b16-13+/t40?,43?,47-/m1/s1. The van der Waals surface area contributed by atoms with E-state index in [-0.39, 0.29) is 45.6 Å². The Hall–Kier alpha value is -6.02. The number of hydrogen-bond donors (Lipinski definition) is 6. The minimum absolute atomic E-state index is 0.0118. The minimum Gasteiger partial charge on any atom is -0.491 e. The van der Waals surface area contributed by atoms with Crippen molar-refractivity contribution in [2.75, 3.05) is 52.7 Å². The van der Waals surface area contributed by atoms with E-state index in [2.05, 4.69) is 43.8 Å². The van der Waals surface area contributed by atoms with Gasteiger partial charge in [0.05, 0.1) is 48.6 Å². The largest absolute Gasteiger partial charge is 0.491 e. The monoisotopic (exact) mass is 981 g/mol. The number of aliphatic hydroxyl groups excluding tert-OH is 1. The Morgan fingerprint density at radius 1 is 1.00 bits per heavy atom. The van der Waals surface area contributed by atoms with Crippen molar-refractivity contribution in [3.63, 3.8) is 0 Å². The van der Waals surface area contributed by atoms with Crippen molar-refractivity contribution in [3.8, 4) is 16.2 Å². The van der Waals surface area contributed by atoms with E-state index in [4.69, 9.17) is 19.4 Å². The molecule has 2 fully saturated rings. The molecule has 0 radical (unpaired) electrons. The van der Waals surface area contributed by atoms with Crippen molar-refractivity contribution in [2.45, 2.75) is 90.3 Å². The van der Waals surface area contributed by atoms with E-state index in [1.165, 1.54) is 33.3 Å². The predicted octanol–water partition coefficient (Wildman–Crippen LogP) is 5.89. The number of thiazole rings is 1. The maximum absolute atomic E-state index is 14.7. The van der Waals surface area contributed by atoms with Gasteiger partial charge in [0.25, 0.3) is 11.8 Å². The second kappa shape index (κ2) is 23.7. The summed E-state index contributed by atoms with van der Waals surface area (Å²) in [4.78, 5) is 64.3. The van der Waals surface area contributed by atoms with Gasteiger partial charge in [-0.1, -0.05) is 75.4 Å². The molecule has 4 amide bonds. The maximum Gasteiger partial charge on any atom is 0.267 e. The predicted molar refractivity (Wildman–Crippen MR) is 265 cm³/mol. The third-order valence-corrected chi connectivity index (χ3v) is 13.6. The highest BCUT2D eigenvalue weighted by molar-refractivity contribution is 7.13. The zero-order valence-corrected chi connectivity index (χ0v) is 41.0. The van der Waals surface area contributed by atoms with Crippen LogP contribution in [0.5, 0.6) is 5.75 Å². The van der Waals surface area contributed by atoms with Crippen molar-refractivity contribution < 1.29 is 48.1 Å². The van der Waals surface area contributed by atoms with Crippen molar-refractivity contribution in [2.24, 2.45) is 5.41 Å². The topological polar surface area (TPSA) is 208 Å². The van der Waals surface area contributed by atoms with Gasteiger partial charge in [0.2, 0.25) is 11.8 Å². The number of aliphatic hydroxyl groups is 1. The molecule has 1 saturated carbocycles. The highest BCUT2D eigenvalue weighted by atomic mass is 32.1. The van der Waals surface area contributed by atoms with Gasteiger partial charge in [-0.15, -0.1) is 11.3 Å². The van der Waals surface area contributed by atoms with Gasteiger partial charge in [-0.05, 0) is 72.1 Å². The van der Waals surface area contributed by atoms with Crippen molar-refractivity contribution in [1.29, 1.82) is 0 Å². The molecule has 7 rings (SSSR count). The maximum atomic E-state index is 14.7. The molecule has 2 unspecified atom stereocenters. The molecule has 2 aromatic heterocycles. The number of ether oxygens (including phenoxy) is 3. The van der Waals surface area contributed by atoms with E-state index < -0.39 is 52.9 Å². The van der Waals surface area contributed by atoms with E-state index in [1.807, 2.05) is 61.5 Å².